The van der Waals surface area contributed by atoms with E-state index < -0.39 is 0 Å². The normalized spacial score (nSPS) is 11.1. The van der Waals surface area contributed by atoms with Crippen LogP contribution in [0.2, 0.25) is 5.02 Å². The molecule has 0 saturated heterocycles. The molecule has 5 aromatic rings. The number of pyridine rings is 1. The second-order valence-electron chi connectivity index (χ2n) is 7.33. The van der Waals surface area contributed by atoms with Crippen molar-refractivity contribution >= 4 is 17.1 Å². The Kier molecular flexibility index (Phi) is 4.86. The Labute approximate surface area is 180 Å². The van der Waals surface area contributed by atoms with Gasteiger partial charge in [-0.3, -0.25) is 0 Å². The molecule has 0 aliphatic heterocycles. The zero-order chi connectivity index (χ0) is 20.5. The van der Waals surface area contributed by atoms with E-state index in [4.69, 9.17) is 11.6 Å². The fraction of sp³-hybridized carbons (Fsp3) is 0.0370. The molecule has 5 rings (SSSR count). The Bertz CT molecular complexity index is 1320. The third-order valence-electron chi connectivity index (χ3n) is 5.45. The molecule has 0 N–H and O–H groups in total. The molecular weight excluding hydrogens is 393 g/mol. The van der Waals surface area contributed by atoms with Gasteiger partial charge in [-0.05, 0) is 47.5 Å². The molecule has 0 aliphatic carbocycles. The molecule has 0 atom stereocenters. The van der Waals surface area contributed by atoms with Crippen LogP contribution in [0.4, 0.5) is 4.39 Å². The molecule has 2 heterocycles. The lowest BCUT2D eigenvalue weighted by Crippen LogP contribution is -2.03. The Balaban J connectivity index is 1.80. The SMILES string of the molecule is Fc1ccc(-c2cc(-c3ccccc3Cl)c(Cc3ccccc3)n3cccc23)cc1. The van der Waals surface area contributed by atoms with Gasteiger partial charge in [-0.1, -0.05) is 72.3 Å². The minimum atomic E-state index is -0.239. The maximum Gasteiger partial charge on any atom is 0.123 e. The first-order valence-corrected chi connectivity index (χ1v) is 10.3. The van der Waals surface area contributed by atoms with Crippen molar-refractivity contribution < 1.29 is 4.39 Å². The highest BCUT2D eigenvalue weighted by atomic mass is 35.5. The zero-order valence-electron chi connectivity index (χ0n) is 16.2. The number of nitrogens with zero attached hydrogens (tertiary/aromatic N) is 1. The van der Waals surface area contributed by atoms with Crippen molar-refractivity contribution in [3.63, 3.8) is 0 Å². The third kappa shape index (κ3) is 3.40. The number of halogens is 2. The third-order valence-corrected chi connectivity index (χ3v) is 5.78. The molecule has 0 aliphatic rings. The molecule has 0 unspecified atom stereocenters. The van der Waals surface area contributed by atoms with Crippen molar-refractivity contribution in [2.24, 2.45) is 0 Å². The highest BCUT2D eigenvalue weighted by Gasteiger charge is 2.17. The fourth-order valence-electron chi connectivity index (χ4n) is 4.01. The molecule has 1 nitrogen and oxygen atoms in total. The van der Waals surface area contributed by atoms with Crippen LogP contribution in [0.1, 0.15) is 11.3 Å². The lowest BCUT2D eigenvalue weighted by Gasteiger charge is -2.18. The molecule has 0 bridgehead atoms. The topological polar surface area (TPSA) is 4.41 Å². The minimum absolute atomic E-state index is 0.239. The zero-order valence-corrected chi connectivity index (χ0v) is 17.0. The molecule has 146 valence electrons. The molecule has 3 aromatic carbocycles. The van der Waals surface area contributed by atoms with Gasteiger partial charge in [-0.2, -0.15) is 0 Å². The predicted octanol–water partition coefficient (Wildman–Crippen LogP) is 7.66. The van der Waals surface area contributed by atoms with Gasteiger partial charge in [0.25, 0.3) is 0 Å². The molecule has 3 heteroatoms. The highest BCUT2D eigenvalue weighted by molar-refractivity contribution is 6.33. The first-order valence-electron chi connectivity index (χ1n) is 9.88. The van der Waals surface area contributed by atoms with Crippen LogP contribution in [-0.4, -0.2) is 4.40 Å². The van der Waals surface area contributed by atoms with Gasteiger partial charge in [0.05, 0.1) is 5.52 Å². The Morgan fingerprint density at radius 2 is 1.43 bits per heavy atom. The number of rotatable bonds is 4. The van der Waals surface area contributed by atoms with Crippen LogP contribution >= 0.6 is 11.6 Å². The molecule has 0 saturated carbocycles. The van der Waals surface area contributed by atoms with E-state index in [1.165, 1.54) is 23.4 Å². The number of aromatic nitrogens is 1. The first-order chi connectivity index (χ1) is 14.7. The van der Waals surface area contributed by atoms with E-state index in [1.807, 2.05) is 42.5 Å². The standard InChI is InChI=1S/C27H19ClFN/c28-25-10-5-4-9-22(25)24-18-23(20-12-14-21(29)15-13-20)26-11-6-16-30(26)27(24)17-19-7-2-1-3-8-19/h1-16,18H,17H2. The highest BCUT2D eigenvalue weighted by Crippen LogP contribution is 2.37. The summed E-state index contributed by atoms with van der Waals surface area (Å²) < 4.78 is 15.8. The smallest absolute Gasteiger partial charge is 0.123 e. The Morgan fingerprint density at radius 1 is 0.700 bits per heavy atom. The van der Waals surface area contributed by atoms with Crippen LogP contribution in [0.25, 0.3) is 27.8 Å². The van der Waals surface area contributed by atoms with Gasteiger partial charge >= 0.3 is 0 Å². The van der Waals surface area contributed by atoms with Crippen molar-refractivity contribution in [1.82, 2.24) is 4.40 Å². The predicted molar refractivity (Wildman–Crippen MR) is 122 cm³/mol. The van der Waals surface area contributed by atoms with Crippen molar-refractivity contribution in [2.75, 3.05) is 0 Å². The van der Waals surface area contributed by atoms with Gasteiger partial charge in [0.2, 0.25) is 0 Å². The number of hydrogen-bond donors (Lipinski definition) is 0. The summed E-state index contributed by atoms with van der Waals surface area (Å²) >= 11 is 6.62. The van der Waals surface area contributed by atoms with E-state index in [0.717, 1.165) is 34.2 Å². The molecule has 0 fully saturated rings. The van der Waals surface area contributed by atoms with Gasteiger partial charge in [-0.15, -0.1) is 0 Å². The van der Waals surface area contributed by atoms with Crippen molar-refractivity contribution in [3.05, 3.63) is 125 Å². The number of hydrogen-bond acceptors (Lipinski definition) is 0. The molecule has 0 amide bonds. The van der Waals surface area contributed by atoms with E-state index in [0.29, 0.717) is 5.02 Å². The van der Waals surface area contributed by atoms with E-state index in [-0.39, 0.29) is 5.82 Å². The van der Waals surface area contributed by atoms with Gasteiger partial charge in [0, 0.05) is 40.0 Å². The van der Waals surface area contributed by atoms with Gasteiger partial charge in [0.1, 0.15) is 5.82 Å². The van der Waals surface area contributed by atoms with Crippen molar-refractivity contribution in [2.45, 2.75) is 6.42 Å². The molecule has 30 heavy (non-hydrogen) atoms. The summed E-state index contributed by atoms with van der Waals surface area (Å²) in [5.74, 6) is -0.239. The van der Waals surface area contributed by atoms with E-state index in [2.05, 4.69) is 53.1 Å². The minimum Gasteiger partial charge on any atom is -0.319 e. The maximum absolute atomic E-state index is 13.5. The molecule has 0 spiro atoms. The van der Waals surface area contributed by atoms with Crippen LogP contribution in [0.3, 0.4) is 0 Å². The van der Waals surface area contributed by atoms with Crippen LogP contribution in [0.5, 0.6) is 0 Å². The van der Waals surface area contributed by atoms with Crippen molar-refractivity contribution in [3.8, 4) is 22.3 Å². The lowest BCUT2D eigenvalue weighted by atomic mass is 9.94. The van der Waals surface area contributed by atoms with Crippen LogP contribution < -0.4 is 0 Å². The first kappa shape index (κ1) is 18.7. The molecule has 0 radical (unpaired) electrons. The van der Waals surface area contributed by atoms with E-state index in [1.54, 1.807) is 0 Å². The quantitative estimate of drug-likeness (QED) is 0.286. The second-order valence-corrected chi connectivity index (χ2v) is 7.74. The van der Waals surface area contributed by atoms with E-state index in [9.17, 15) is 4.39 Å². The summed E-state index contributed by atoms with van der Waals surface area (Å²) in [5, 5.41) is 0.711. The van der Waals surface area contributed by atoms with E-state index >= 15 is 0 Å². The lowest BCUT2D eigenvalue weighted by molar-refractivity contribution is 0.628. The molecule has 2 aromatic heterocycles. The van der Waals surface area contributed by atoms with Crippen molar-refractivity contribution in [1.29, 1.82) is 0 Å². The summed E-state index contributed by atoms with van der Waals surface area (Å²) in [6.45, 7) is 0. The largest absolute Gasteiger partial charge is 0.319 e. The van der Waals surface area contributed by atoms with Crippen LogP contribution in [0, 0.1) is 5.82 Å². The number of fused-ring (bicyclic) bond motifs is 1. The van der Waals surface area contributed by atoms with Crippen LogP contribution in [0.15, 0.2) is 103 Å². The average molecular weight is 412 g/mol. The monoisotopic (exact) mass is 411 g/mol. The Morgan fingerprint density at radius 3 is 2.20 bits per heavy atom. The summed E-state index contributed by atoms with van der Waals surface area (Å²) in [7, 11) is 0. The van der Waals surface area contributed by atoms with Gasteiger partial charge < -0.3 is 4.40 Å². The maximum atomic E-state index is 13.5. The summed E-state index contributed by atoms with van der Waals surface area (Å²) in [6, 6.07) is 31.3. The van der Waals surface area contributed by atoms with Crippen LogP contribution in [-0.2, 0) is 6.42 Å². The molecular formula is C27H19ClFN. The second kappa shape index (κ2) is 7.81. The summed E-state index contributed by atoms with van der Waals surface area (Å²) in [6.07, 6.45) is 2.86. The summed E-state index contributed by atoms with van der Waals surface area (Å²) in [5.41, 5.74) is 7.57. The van der Waals surface area contributed by atoms with Gasteiger partial charge in [0.15, 0.2) is 0 Å². The number of benzene rings is 3. The van der Waals surface area contributed by atoms with Gasteiger partial charge in [-0.25, -0.2) is 4.39 Å². The summed E-state index contributed by atoms with van der Waals surface area (Å²) in [4.78, 5) is 0. The average Bonchev–Trinajstić information content (AvgIpc) is 3.26. The Hall–Kier alpha value is -3.36. The fourth-order valence-corrected chi connectivity index (χ4v) is 4.25.